The second-order valence-electron chi connectivity index (χ2n) is 9.93. The first-order valence-electron chi connectivity index (χ1n) is 12.4. The molecule has 2 aliphatic carbocycles. The lowest BCUT2D eigenvalue weighted by atomic mass is 9.89. The molecule has 2 unspecified atom stereocenters. The van der Waals surface area contributed by atoms with Gasteiger partial charge in [0, 0.05) is 46.3 Å². The molecule has 1 aliphatic heterocycles. The monoisotopic (exact) mass is 442 g/mol. The molecule has 8 bridgehead atoms. The Bertz CT molecular complexity index is 1310. The summed E-state index contributed by atoms with van der Waals surface area (Å²) < 4.78 is 16.2. The zero-order valence-electron chi connectivity index (χ0n) is 20.2. The van der Waals surface area contributed by atoms with Gasteiger partial charge in [-0.05, 0) is 50.3 Å². The standard InChI is InChI=1S/C28H34N4O/c1-19-21(3)31-17-29(19)23-9-7-11-25(15-23)33-26-12-8-10-24(16-26)30-18-32(22(4)20(30)2)28-14-6-5-13-27(28)31/h7,9,11-12,15-18,27-28H,5-6,8,10,13-14H2,1-4H3/q+2. The predicted octanol–water partition coefficient (Wildman–Crippen LogP) is 5.35. The fourth-order valence-corrected chi connectivity index (χ4v) is 6.03. The van der Waals surface area contributed by atoms with Crippen LogP contribution >= 0.6 is 0 Å². The summed E-state index contributed by atoms with van der Waals surface area (Å²) >= 11 is 0. The lowest BCUT2D eigenvalue weighted by Gasteiger charge is -2.28. The fourth-order valence-electron chi connectivity index (χ4n) is 6.03. The Hall–Kier alpha value is -3.08. The molecule has 0 saturated heterocycles. The summed E-state index contributed by atoms with van der Waals surface area (Å²) in [4.78, 5) is 0. The lowest BCUT2D eigenvalue weighted by molar-refractivity contribution is -0.823. The first kappa shape index (κ1) is 20.5. The number of hydrogen-bond acceptors (Lipinski definition) is 1. The van der Waals surface area contributed by atoms with E-state index in [2.05, 4.69) is 95.0 Å². The molecule has 0 N–H and O–H groups in total. The van der Waals surface area contributed by atoms with Gasteiger partial charge in [0.1, 0.15) is 57.8 Å². The van der Waals surface area contributed by atoms with Crippen LogP contribution in [0.2, 0.25) is 0 Å². The van der Waals surface area contributed by atoms with E-state index in [1.165, 1.54) is 54.2 Å². The van der Waals surface area contributed by atoms with E-state index in [0.717, 1.165) is 30.0 Å². The molecule has 33 heavy (non-hydrogen) atoms. The predicted molar refractivity (Wildman–Crippen MR) is 128 cm³/mol. The quantitative estimate of drug-likeness (QED) is 0.431. The van der Waals surface area contributed by atoms with Crippen LogP contribution < -0.4 is 13.9 Å². The Morgan fingerprint density at radius 2 is 1.55 bits per heavy atom. The number of nitrogens with zero attached hydrogens (tertiary/aromatic N) is 4. The molecule has 0 spiro atoms. The molecule has 2 atom stereocenters. The van der Waals surface area contributed by atoms with Gasteiger partial charge in [0.2, 0.25) is 12.7 Å². The van der Waals surface area contributed by atoms with Gasteiger partial charge in [0.25, 0.3) is 0 Å². The second-order valence-corrected chi connectivity index (χ2v) is 9.93. The molecule has 3 aromatic rings. The minimum Gasteiger partial charge on any atom is -0.457 e. The van der Waals surface area contributed by atoms with Gasteiger partial charge in [-0.15, -0.1) is 0 Å². The average molecular weight is 443 g/mol. The van der Waals surface area contributed by atoms with E-state index < -0.39 is 0 Å². The third kappa shape index (κ3) is 3.28. The van der Waals surface area contributed by atoms with Crippen LogP contribution in [0.3, 0.4) is 0 Å². The molecule has 5 heteroatoms. The lowest BCUT2D eigenvalue weighted by Crippen LogP contribution is -2.55. The number of ether oxygens (including phenoxy) is 1. The van der Waals surface area contributed by atoms with Crippen molar-refractivity contribution in [1.82, 2.24) is 9.13 Å². The molecular formula is C28H34N4O+2. The molecule has 6 rings (SSSR count). The topological polar surface area (TPSA) is 26.8 Å². The first-order valence-corrected chi connectivity index (χ1v) is 12.4. The summed E-state index contributed by atoms with van der Waals surface area (Å²) in [7, 11) is 0. The number of allylic oxidation sites excluding steroid dienone is 3. The third-order valence-corrected chi connectivity index (χ3v) is 8.13. The smallest absolute Gasteiger partial charge is 0.249 e. The highest BCUT2D eigenvalue weighted by atomic mass is 16.5. The zero-order valence-corrected chi connectivity index (χ0v) is 20.2. The number of aromatic nitrogens is 4. The van der Waals surface area contributed by atoms with Crippen LogP contribution in [0, 0.1) is 27.7 Å². The van der Waals surface area contributed by atoms with E-state index in [4.69, 9.17) is 4.74 Å². The Morgan fingerprint density at radius 3 is 2.27 bits per heavy atom. The van der Waals surface area contributed by atoms with Crippen molar-refractivity contribution in [2.24, 2.45) is 0 Å². The van der Waals surface area contributed by atoms with Gasteiger partial charge in [0.05, 0.1) is 0 Å². The molecule has 3 heterocycles. The largest absolute Gasteiger partial charge is 0.457 e. The number of benzene rings is 1. The van der Waals surface area contributed by atoms with Gasteiger partial charge in [-0.2, -0.15) is 4.57 Å². The van der Waals surface area contributed by atoms with E-state index in [1.54, 1.807) is 0 Å². The van der Waals surface area contributed by atoms with Crippen molar-refractivity contribution >= 4 is 5.70 Å². The highest BCUT2D eigenvalue weighted by Gasteiger charge is 2.39. The Kier molecular flexibility index (Phi) is 4.82. The van der Waals surface area contributed by atoms with Crippen LogP contribution in [0.5, 0.6) is 5.75 Å². The minimum atomic E-state index is 0.456. The number of fused-ring (bicyclic) bond motifs is 12. The van der Waals surface area contributed by atoms with Crippen molar-refractivity contribution < 1.29 is 13.9 Å². The Labute approximate surface area is 196 Å². The van der Waals surface area contributed by atoms with Gasteiger partial charge in [-0.3, -0.25) is 0 Å². The zero-order chi connectivity index (χ0) is 22.7. The van der Waals surface area contributed by atoms with Gasteiger partial charge >= 0.3 is 0 Å². The molecule has 5 nitrogen and oxygen atoms in total. The SMILES string of the molecule is Cc1c(C)[n+]2cn1C1=CC(=CCC1)Oc1cccc(c1)-n1c[n+](c(C)c1C)C1CCCCC12. The van der Waals surface area contributed by atoms with E-state index in [9.17, 15) is 0 Å². The molecule has 1 saturated carbocycles. The van der Waals surface area contributed by atoms with E-state index in [-0.39, 0.29) is 0 Å². The molecule has 170 valence electrons. The normalized spacial score (nSPS) is 21.8. The van der Waals surface area contributed by atoms with Crippen LogP contribution in [0.1, 0.15) is 73.4 Å². The minimum absolute atomic E-state index is 0.456. The maximum absolute atomic E-state index is 6.38. The van der Waals surface area contributed by atoms with E-state index >= 15 is 0 Å². The average Bonchev–Trinajstić information content (AvgIpc) is 3.29. The van der Waals surface area contributed by atoms with Gasteiger partial charge in [0.15, 0.2) is 0 Å². The van der Waals surface area contributed by atoms with Crippen LogP contribution in [-0.2, 0) is 0 Å². The number of rotatable bonds is 0. The maximum Gasteiger partial charge on any atom is 0.249 e. The molecule has 3 aliphatic rings. The Morgan fingerprint density at radius 1 is 0.879 bits per heavy atom. The summed E-state index contributed by atoms with van der Waals surface area (Å²) in [5, 5.41) is 0. The highest BCUT2D eigenvalue weighted by Crippen LogP contribution is 2.34. The van der Waals surface area contributed by atoms with Crippen molar-refractivity contribution in [3.8, 4) is 11.4 Å². The van der Waals surface area contributed by atoms with Crippen LogP contribution in [0.25, 0.3) is 11.4 Å². The summed E-state index contributed by atoms with van der Waals surface area (Å²) in [6, 6.07) is 9.41. The Balaban J connectivity index is 1.60. The number of hydrogen-bond donors (Lipinski definition) is 0. The molecule has 1 fully saturated rings. The van der Waals surface area contributed by atoms with Crippen LogP contribution in [0.15, 0.2) is 54.8 Å². The van der Waals surface area contributed by atoms with Crippen molar-refractivity contribution in [3.05, 3.63) is 77.6 Å². The van der Waals surface area contributed by atoms with Crippen LogP contribution in [0.4, 0.5) is 0 Å². The number of imidazole rings is 2. The van der Waals surface area contributed by atoms with Gasteiger partial charge in [-0.25, -0.2) is 13.7 Å². The van der Waals surface area contributed by atoms with E-state index in [1.807, 2.05) is 0 Å². The van der Waals surface area contributed by atoms with Crippen molar-refractivity contribution in [2.45, 2.75) is 78.3 Å². The maximum atomic E-state index is 6.38. The van der Waals surface area contributed by atoms with Crippen molar-refractivity contribution in [3.63, 3.8) is 0 Å². The first-order chi connectivity index (χ1) is 16.0. The molecule has 1 aromatic carbocycles. The molecular weight excluding hydrogens is 408 g/mol. The molecule has 0 radical (unpaired) electrons. The molecule has 0 amide bonds. The van der Waals surface area contributed by atoms with Crippen molar-refractivity contribution in [2.75, 3.05) is 0 Å². The van der Waals surface area contributed by atoms with E-state index in [0.29, 0.717) is 12.1 Å². The summed E-state index contributed by atoms with van der Waals surface area (Å²) in [6.45, 7) is 9.05. The molecule has 2 aromatic heterocycles. The second kappa shape index (κ2) is 7.75. The van der Waals surface area contributed by atoms with Gasteiger partial charge in [-0.1, -0.05) is 6.07 Å². The summed E-state index contributed by atoms with van der Waals surface area (Å²) in [6.07, 6.45) is 16.2. The van der Waals surface area contributed by atoms with Gasteiger partial charge < -0.3 is 4.74 Å². The summed E-state index contributed by atoms with van der Waals surface area (Å²) in [5.41, 5.74) is 7.81. The van der Waals surface area contributed by atoms with Crippen molar-refractivity contribution in [1.29, 1.82) is 0 Å². The summed E-state index contributed by atoms with van der Waals surface area (Å²) in [5.74, 6) is 1.82. The third-order valence-electron chi connectivity index (χ3n) is 8.13. The highest BCUT2D eigenvalue weighted by molar-refractivity contribution is 5.54. The fraction of sp³-hybridized carbons (Fsp3) is 0.429. The van der Waals surface area contributed by atoms with Crippen LogP contribution in [-0.4, -0.2) is 9.13 Å².